The molecule has 0 aromatic heterocycles. The molecule has 0 saturated carbocycles. The molecule has 0 aromatic rings. The zero-order valence-corrected chi connectivity index (χ0v) is 10.6. The van der Waals surface area contributed by atoms with E-state index in [0.717, 1.165) is 0 Å². The second-order valence-corrected chi connectivity index (χ2v) is 3.87. The standard InChI is InChI=1S/C12H27N.Al.Li.4H/c1-3-5-7-9-11-13-12-10-8-6-4-2;;;;;;/h13H,3-12H2,1-2H3;;;;;;/q;;+1;;;;-1. The molecular weight excluding hydrogens is 192 g/mol. The fourth-order valence-corrected chi connectivity index (χ4v) is 1.48. The van der Waals surface area contributed by atoms with Gasteiger partial charge in [0.05, 0.1) is 0 Å². The summed E-state index contributed by atoms with van der Waals surface area (Å²) in [4.78, 5) is 0. The third kappa shape index (κ3) is 21.0. The molecule has 3 heteroatoms. The predicted molar refractivity (Wildman–Crippen MR) is 72.2 cm³/mol. The van der Waals surface area contributed by atoms with Crippen LogP contribution in [0.25, 0.3) is 0 Å². The topological polar surface area (TPSA) is 12.0 Å². The van der Waals surface area contributed by atoms with Crippen molar-refractivity contribution in [1.29, 1.82) is 0 Å². The molecule has 0 saturated heterocycles. The Labute approximate surface area is 121 Å². The molecule has 0 unspecified atom stereocenters. The van der Waals surface area contributed by atoms with Gasteiger partial charge in [-0.1, -0.05) is 52.4 Å². The van der Waals surface area contributed by atoms with Gasteiger partial charge in [-0.3, -0.25) is 0 Å². The van der Waals surface area contributed by atoms with Crippen LogP contribution in [0.5, 0.6) is 0 Å². The van der Waals surface area contributed by atoms with Crippen molar-refractivity contribution >= 4 is 17.4 Å². The van der Waals surface area contributed by atoms with Crippen molar-refractivity contribution < 1.29 is 20.3 Å². The van der Waals surface area contributed by atoms with Gasteiger partial charge in [0.15, 0.2) is 17.4 Å². The van der Waals surface area contributed by atoms with E-state index in [-0.39, 0.29) is 37.6 Å². The Morgan fingerprint density at radius 3 is 1.47 bits per heavy atom. The summed E-state index contributed by atoms with van der Waals surface area (Å²) in [6.07, 6.45) is 11.0. The van der Waals surface area contributed by atoms with E-state index >= 15 is 0 Å². The van der Waals surface area contributed by atoms with Crippen LogP contribution in [0, 0.1) is 0 Å². The second kappa shape index (κ2) is 20.5. The molecule has 0 fully saturated rings. The summed E-state index contributed by atoms with van der Waals surface area (Å²) >= 11 is 0. The molecule has 0 heterocycles. The first-order valence-corrected chi connectivity index (χ1v) is 6.12. The van der Waals surface area contributed by atoms with E-state index in [1.54, 1.807) is 0 Å². The molecule has 0 radical (unpaired) electrons. The minimum absolute atomic E-state index is 0. The van der Waals surface area contributed by atoms with Gasteiger partial charge in [-0.25, -0.2) is 0 Å². The molecule has 0 spiro atoms. The number of nitrogens with one attached hydrogen (secondary N) is 1. The van der Waals surface area contributed by atoms with Gasteiger partial charge >= 0.3 is 18.9 Å². The molecule has 1 nitrogen and oxygen atoms in total. The third-order valence-corrected chi connectivity index (χ3v) is 2.41. The molecule has 0 aliphatic rings. The minimum atomic E-state index is 0. The van der Waals surface area contributed by atoms with Gasteiger partial charge in [0.2, 0.25) is 0 Å². The molecular formula is C12H31AlLiN. The third-order valence-electron chi connectivity index (χ3n) is 2.41. The van der Waals surface area contributed by atoms with Crippen LogP contribution in [0.1, 0.15) is 66.6 Å². The number of hydrogen-bond acceptors (Lipinski definition) is 1. The van der Waals surface area contributed by atoms with Crippen molar-refractivity contribution in [3.8, 4) is 0 Å². The first-order chi connectivity index (χ1) is 6.41. The van der Waals surface area contributed by atoms with Crippen molar-refractivity contribution in [2.24, 2.45) is 0 Å². The monoisotopic (exact) mass is 223 g/mol. The van der Waals surface area contributed by atoms with E-state index in [4.69, 9.17) is 0 Å². The van der Waals surface area contributed by atoms with Crippen molar-refractivity contribution in [3.05, 3.63) is 0 Å². The molecule has 0 amide bonds. The summed E-state index contributed by atoms with van der Waals surface area (Å²) in [5.74, 6) is 0. The predicted octanol–water partition coefficient (Wildman–Crippen LogP) is -0.331. The first kappa shape index (κ1) is 21.4. The van der Waals surface area contributed by atoms with Gasteiger partial charge in [0, 0.05) is 0 Å². The maximum atomic E-state index is 3.50. The largest absolute Gasteiger partial charge is 1.00 e. The van der Waals surface area contributed by atoms with Gasteiger partial charge in [0.1, 0.15) is 0 Å². The average molecular weight is 223 g/mol. The van der Waals surface area contributed by atoms with Crippen LogP contribution in [-0.4, -0.2) is 30.5 Å². The Balaban J connectivity index is -0.000000240. The smallest absolute Gasteiger partial charge is 1.00 e. The zero-order chi connectivity index (χ0) is 9.78. The summed E-state index contributed by atoms with van der Waals surface area (Å²) < 4.78 is 0. The van der Waals surface area contributed by atoms with Gasteiger partial charge in [-0.15, -0.1) is 0 Å². The molecule has 0 rings (SSSR count). The van der Waals surface area contributed by atoms with Gasteiger partial charge in [-0.05, 0) is 25.9 Å². The molecule has 0 aliphatic heterocycles. The van der Waals surface area contributed by atoms with Crippen LogP contribution < -0.4 is 24.2 Å². The van der Waals surface area contributed by atoms with Crippen LogP contribution >= 0.6 is 0 Å². The summed E-state index contributed by atoms with van der Waals surface area (Å²) in [5.41, 5.74) is 0. The average Bonchev–Trinajstić information content (AvgIpc) is 2.16. The van der Waals surface area contributed by atoms with E-state index in [9.17, 15) is 0 Å². The summed E-state index contributed by atoms with van der Waals surface area (Å²) in [7, 11) is 0. The van der Waals surface area contributed by atoms with Crippen LogP contribution in [0.3, 0.4) is 0 Å². The van der Waals surface area contributed by atoms with Crippen LogP contribution in [0.2, 0.25) is 0 Å². The second-order valence-electron chi connectivity index (χ2n) is 3.87. The van der Waals surface area contributed by atoms with Gasteiger partial charge < -0.3 is 6.74 Å². The maximum absolute atomic E-state index is 3.50. The molecule has 88 valence electrons. The molecule has 1 N–H and O–H groups in total. The first-order valence-electron chi connectivity index (χ1n) is 6.12. The summed E-state index contributed by atoms with van der Waals surface area (Å²) in [6, 6.07) is 0. The van der Waals surface area contributed by atoms with Gasteiger partial charge in [-0.2, -0.15) is 0 Å². The number of unbranched alkanes of at least 4 members (excludes halogenated alkanes) is 6. The Hall–Kier alpha value is 1.09. The molecule has 0 aromatic carbocycles. The zero-order valence-electron chi connectivity index (χ0n) is 11.6. The Morgan fingerprint density at radius 2 is 1.13 bits per heavy atom. The van der Waals surface area contributed by atoms with Gasteiger partial charge in [0.25, 0.3) is 0 Å². The number of hydrogen-bond donors (Lipinski definition) is 1. The molecule has 0 bridgehead atoms. The van der Waals surface area contributed by atoms with Crippen molar-refractivity contribution in [2.75, 3.05) is 13.1 Å². The minimum Gasteiger partial charge on any atom is -1.00 e. The van der Waals surface area contributed by atoms with Crippen molar-refractivity contribution in [2.45, 2.75) is 65.2 Å². The summed E-state index contributed by atoms with van der Waals surface area (Å²) in [5, 5.41) is 3.50. The van der Waals surface area contributed by atoms with E-state index in [1.807, 2.05) is 0 Å². The van der Waals surface area contributed by atoms with Crippen LogP contribution in [0.4, 0.5) is 0 Å². The molecule has 15 heavy (non-hydrogen) atoms. The van der Waals surface area contributed by atoms with Crippen molar-refractivity contribution in [3.63, 3.8) is 0 Å². The fraction of sp³-hybridized carbons (Fsp3) is 1.00. The summed E-state index contributed by atoms with van der Waals surface area (Å²) in [6.45, 7) is 6.98. The normalized spacial score (nSPS) is 9.20. The van der Waals surface area contributed by atoms with Crippen molar-refractivity contribution in [1.82, 2.24) is 5.32 Å². The maximum Gasteiger partial charge on any atom is 1.00 e. The van der Waals surface area contributed by atoms with Crippen LogP contribution in [0.15, 0.2) is 0 Å². The van der Waals surface area contributed by atoms with E-state index in [0.29, 0.717) is 0 Å². The van der Waals surface area contributed by atoms with E-state index in [1.165, 1.54) is 64.5 Å². The Kier molecular flexibility index (Phi) is 29.2. The molecule has 0 atom stereocenters. The van der Waals surface area contributed by atoms with E-state index < -0.39 is 0 Å². The quantitative estimate of drug-likeness (QED) is 0.395. The SMILES string of the molecule is CCCCCCNCCCCCC.[AlH3].[H-].[Li+]. The van der Waals surface area contributed by atoms with Crippen LogP contribution in [-0.2, 0) is 0 Å². The van der Waals surface area contributed by atoms with E-state index in [2.05, 4.69) is 19.2 Å². The Bertz CT molecular complexity index is 87.1. The Morgan fingerprint density at radius 1 is 0.733 bits per heavy atom. The number of rotatable bonds is 10. The fourth-order valence-electron chi connectivity index (χ4n) is 1.48. The molecule has 0 aliphatic carbocycles.